The summed E-state index contributed by atoms with van der Waals surface area (Å²) in [6.45, 7) is 3.00. The van der Waals surface area contributed by atoms with Gasteiger partial charge in [0.1, 0.15) is 11.5 Å². The van der Waals surface area contributed by atoms with E-state index in [0.29, 0.717) is 11.6 Å². The van der Waals surface area contributed by atoms with Gasteiger partial charge in [-0.1, -0.05) is 24.3 Å². The number of aromatic nitrogens is 1. The maximum absolute atomic E-state index is 13.5. The van der Waals surface area contributed by atoms with Crippen LogP contribution in [0.4, 0.5) is 4.39 Å². The zero-order valence-electron chi connectivity index (χ0n) is 16.3. The Balaban J connectivity index is 0.000000687. The lowest BCUT2D eigenvalue weighted by molar-refractivity contribution is -0.122. The second kappa shape index (κ2) is 8.89. The number of halogens is 1. The molecule has 0 spiro atoms. The molecule has 1 amide bonds. The number of carbonyl (C=O) groups is 2. The summed E-state index contributed by atoms with van der Waals surface area (Å²) in [6.07, 6.45) is 2.33. The first-order chi connectivity index (χ1) is 14.6. The molecule has 4 heterocycles. The van der Waals surface area contributed by atoms with Crippen molar-refractivity contribution in [1.29, 1.82) is 0 Å². The van der Waals surface area contributed by atoms with E-state index < -0.39 is 0 Å². The van der Waals surface area contributed by atoms with Gasteiger partial charge >= 0.3 is 0 Å². The fourth-order valence-electron chi connectivity index (χ4n) is 4.31. The maximum atomic E-state index is 13.5. The van der Waals surface area contributed by atoms with Crippen LogP contribution in [0, 0.1) is 11.7 Å². The Morgan fingerprint density at radius 3 is 2.60 bits per heavy atom. The summed E-state index contributed by atoms with van der Waals surface area (Å²) in [4.78, 5) is 23.6. The number of hydrogen-bond acceptors (Lipinski definition) is 5. The van der Waals surface area contributed by atoms with Gasteiger partial charge in [-0.2, -0.15) is 4.37 Å². The molecule has 3 aliphatic heterocycles. The number of nitrogens with zero attached hydrogens (tertiary/aromatic N) is 2. The van der Waals surface area contributed by atoms with Gasteiger partial charge in [-0.15, -0.1) is 0 Å². The Morgan fingerprint density at radius 2 is 1.93 bits per heavy atom. The van der Waals surface area contributed by atoms with E-state index in [9.17, 15) is 9.18 Å². The van der Waals surface area contributed by atoms with Crippen molar-refractivity contribution in [3.8, 4) is 11.1 Å². The molecule has 8 heteroatoms. The van der Waals surface area contributed by atoms with Gasteiger partial charge in [0.25, 0.3) is 12.4 Å². The molecule has 1 atom stereocenters. The molecule has 0 aliphatic carbocycles. The Morgan fingerprint density at radius 1 is 1.20 bits per heavy atom. The quantitative estimate of drug-likeness (QED) is 0.624. The molecular weight excluding hydrogens is 405 g/mol. The lowest BCUT2D eigenvalue weighted by atomic mass is 9.84. The van der Waals surface area contributed by atoms with Crippen LogP contribution in [0.1, 0.15) is 23.3 Å². The highest BCUT2D eigenvalue weighted by molar-refractivity contribution is 7.13. The molecule has 3 aliphatic rings. The Kier molecular flexibility index (Phi) is 6.06. The number of piperidine rings is 3. The van der Waals surface area contributed by atoms with Gasteiger partial charge in [0.05, 0.1) is 4.70 Å². The number of hydrogen-bond donors (Lipinski definition) is 2. The van der Waals surface area contributed by atoms with Crippen molar-refractivity contribution in [2.45, 2.75) is 18.9 Å². The van der Waals surface area contributed by atoms with Crippen LogP contribution in [-0.4, -0.2) is 52.4 Å². The normalized spacial score (nSPS) is 22.2. The van der Waals surface area contributed by atoms with Crippen molar-refractivity contribution in [1.82, 2.24) is 14.6 Å². The first-order valence-electron chi connectivity index (χ1n) is 9.85. The van der Waals surface area contributed by atoms with Crippen LogP contribution in [0.2, 0.25) is 0 Å². The molecule has 0 saturated carbocycles. The molecule has 0 radical (unpaired) electrons. The average molecular weight is 428 g/mol. The largest absolute Gasteiger partial charge is 0.483 e. The third-order valence-electron chi connectivity index (χ3n) is 5.82. The second-order valence-corrected chi connectivity index (χ2v) is 8.38. The average Bonchev–Trinajstić information content (AvgIpc) is 3.19. The summed E-state index contributed by atoms with van der Waals surface area (Å²) in [5.74, 6) is 0.247. The molecule has 6 nitrogen and oxygen atoms in total. The number of amides is 1. The van der Waals surface area contributed by atoms with E-state index in [4.69, 9.17) is 9.90 Å². The lowest BCUT2D eigenvalue weighted by Gasteiger charge is -2.44. The molecule has 3 fully saturated rings. The standard InChI is InChI=1S/C21H20FN3OS.CH2O2/c22-16-3-1-2-14(10-16)15-4-5-17-19(11-15)27-24-20(17)21(26)23-18-12-25-8-6-13(18)7-9-25;2-1-3/h1-5,10-11,13,18H,6-9,12H2,(H,23,26);1H,(H,2,3)/t18-;/m0./s1. The van der Waals surface area contributed by atoms with Gasteiger partial charge in [-0.25, -0.2) is 4.39 Å². The Labute approximate surface area is 177 Å². The van der Waals surface area contributed by atoms with Crippen LogP contribution < -0.4 is 5.32 Å². The number of benzene rings is 2. The highest BCUT2D eigenvalue weighted by atomic mass is 32.1. The van der Waals surface area contributed by atoms with E-state index in [1.165, 1.54) is 36.5 Å². The molecule has 2 N–H and O–H groups in total. The van der Waals surface area contributed by atoms with Crippen molar-refractivity contribution in [2.24, 2.45) is 5.92 Å². The molecule has 2 bridgehead atoms. The molecule has 1 aromatic heterocycles. The van der Waals surface area contributed by atoms with E-state index in [1.54, 1.807) is 6.07 Å². The molecule has 2 aromatic carbocycles. The summed E-state index contributed by atoms with van der Waals surface area (Å²) in [6, 6.07) is 12.6. The van der Waals surface area contributed by atoms with Gasteiger partial charge < -0.3 is 15.3 Å². The van der Waals surface area contributed by atoms with Gasteiger partial charge in [0, 0.05) is 18.0 Å². The maximum Gasteiger partial charge on any atom is 0.290 e. The van der Waals surface area contributed by atoms with Gasteiger partial charge in [-0.3, -0.25) is 9.59 Å². The monoisotopic (exact) mass is 427 g/mol. The van der Waals surface area contributed by atoms with Crippen molar-refractivity contribution in [3.63, 3.8) is 0 Å². The van der Waals surface area contributed by atoms with Crippen molar-refractivity contribution < 1.29 is 19.1 Å². The van der Waals surface area contributed by atoms with E-state index in [2.05, 4.69) is 14.6 Å². The van der Waals surface area contributed by atoms with Crippen LogP contribution in [-0.2, 0) is 4.79 Å². The third-order valence-corrected chi connectivity index (χ3v) is 6.63. The predicted octanol–water partition coefficient (Wildman–Crippen LogP) is 3.63. The minimum atomic E-state index is -0.255. The second-order valence-electron chi connectivity index (χ2n) is 7.58. The molecule has 0 unspecified atom stereocenters. The molecular formula is C22H22FN3O3S. The predicted molar refractivity (Wildman–Crippen MR) is 114 cm³/mol. The summed E-state index contributed by atoms with van der Waals surface area (Å²) < 4.78 is 18.9. The summed E-state index contributed by atoms with van der Waals surface area (Å²) in [5, 5.41) is 11.0. The van der Waals surface area contributed by atoms with Crippen LogP contribution in [0.15, 0.2) is 42.5 Å². The lowest BCUT2D eigenvalue weighted by Crippen LogP contribution is -2.57. The minimum Gasteiger partial charge on any atom is -0.483 e. The van der Waals surface area contributed by atoms with Crippen LogP contribution >= 0.6 is 11.5 Å². The van der Waals surface area contributed by atoms with Crippen LogP contribution in [0.25, 0.3) is 21.2 Å². The number of rotatable bonds is 3. The fraction of sp³-hybridized carbons (Fsp3) is 0.318. The van der Waals surface area contributed by atoms with Crippen molar-refractivity contribution in [2.75, 3.05) is 19.6 Å². The molecule has 156 valence electrons. The Hall–Kier alpha value is -2.84. The highest BCUT2D eigenvalue weighted by Crippen LogP contribution is 2.31. The van der Waals surface area contributed by atoms with Crippen LogP contribution in [0.5, 0.6) is 0 Å². The number of carbonyl (C=O) groups excluding carboxylic acids is 1. The van der Waals surface area contributed by atoms with E-state index in [0.717, 1.165) is 40.8 Å². The summed E-state index contributed by atoms with van der Waals surface area (Å²) in [5.41, 5.74) is 2.25. The molecule has 6 rings (SSSR count). The molecule has 3 aromatic rings. The number of fused-ring (bicyclic) bond motifs is 4. The topological polar surface area (TPSA) is 82.5 Å². The zero-order valence-corrected chi connectivity index (χ0v) is 17.1. The number of nitrogens with one attached hydrogen (secondary N) is 1. The third kappa shape index (κ3) is 4.20. The van der Waals surface area contributed by atoms with E-state index in [-0.39, 0.29) is 24.2 Å². The summed E-state index contributed by atoms with van der Waals surface area (Å²) >= 11 is 1.32. The molecule has 3 saturated heterocycles. The van der Waals surface area contributed by atoms with E-state index in [1.807, 2.05) is 24.3 Å². The van der Waals surface area contributed by atoms with Gasteiger partial charge in [0.2, 0.25) is 0 Å². The first kappa shape index (κ1) is 20.4. The summed E-state index contributed by atoms with van der Waals surface area (Å²) in [7, 11) is 0. The minimum absolute atomic E-state index is 0.0847. The first-order valence-corrected chi connectivity index (χ1v) is 10.6. The Bertz CT molecular complexity index is 1060. The highest BCUT2D eigenvalue weighted by Gasteiger charge is 2.35. The van der Waals surface area contributed by atoms with Crippen LogP contribution in [0.3, 0.4) is 0 Å². The van der Waals surface area contributed by atoms with Crippen molar-refractivity contribution >= 4 is 34.0 Å². The zero-order chi connectivity index (χ0) is 21.1. The SMILES string of the molecule is O=C(N[C@H]1CN2CCC1CC2)c1nsc2cc(-c3cccc(F)c3)ccc12.O=CO. The van der Waals surface area contributed by atoms with Gasteiger partial charge in [-0.05, 0) is 72.7 Å². The van der Waals surface area contributed by atoms with Crippen molar-refractivity contribution in [3.05, 3.63) is 54.0 Å². The van der Waals surface area contributed by atoms with Gasteiger partial charge in [0.15, 0.2) is 0 Å². The van der Waals surface area contributed by atoms with E-state index >= 15 is 0 Å². The fourth-order valence-corrected chi connectivity index (χ4v) is 5.13. The smallest absolute Gasteiger partial charge is 0.290 e. The number of carboxylic acid groups (broad SMARTS) is 1. The molecule has 30 heavy (non-hydrogen) atoms.